The number of aryl methyl sites for hydroxylation is 2. The van der Waals surface area contributed by atoms with E-state index in [9.17, 15) is 13.2 Å². The summed E-state index contributed by atoms with van der Waals surface area (Å²) in [7, 11) is 0. The Hall–Kier alpha value is -3.34. The third-order valence-electron chi connectivity index (χ3n) is 4.59. The van der Waals surface area contributed by atoms with Crippen LogP contribution in [0, 0.1) is 6.92 Å². The van der Waals surface area contributed by atoms with Gasteiger partial charge in [-0.3, -0.25) is 4.68 Å². The van der Waals surface area contributed by atoms with E-state index in [0.29, 0.717) is 29.7 Å². The highest BCUT2D eigenvalue weighted by atomic mass is 19.4. The Kier molecular flexibility index (Phi) is 5.20. The van der Waals surface area contributed by atoms with Crippen LogP contribution < -0.4 is 10.6 Å². The van der Waals surface area contributed by atoms with Gasteiger partial charge in [-0.05, 0) is 37.6 Å². The number of aromatic nitrogens is 5. The number of nitrogens with one attached hydrogen (secondary N) is 3. The highest BCUT2D eigenvalue weighted by molar-refractivity contribution is 5.89. The molecule has 4 N–H and O–H groups in total. The SMILES string of the molecule is Cc1nn(CCCO)c2cc(Nc3nc(NCC(F)(F)F)c4cc[nH]c4n3)ccc12. The maximum Gasteiger partial charge on any atom is 0.405 e. The maximum atomic E-state index is 12.6. The van der Waals surface area contributed by atoms with Crippen molar-refractivity contribution in [3.8, 4) is 0 Å². The van der Waals surface area contributed by atoms with Gasteiger partial charge >= 0.3 is 6.18 Å². The second kappa shape index (κ2) is 7.82. The van der Waals surface area contributed by atoms with E-state index >= 15 is 0 Å². The highest BCUT2D eigenvalue weighted by Crippen LogP contribution is 2.27. The van der Waals surface area contributed by atoms with Gasteiger partial charge in [0, 0.05) is 30.4 Å². The Labute approximate surface area is 169 Å². The zero-order valence-electron chi connectivity index (χ0n) is 16.1. The number of fused-ring (bicyclic) bond motifs is 2. The first kappa shape index (κ1) is 20.0. The topological polar surface area (TPSA) is 104 Å². The summed E-state index contributed by atoms with van der Waals surface area (Å²) in [4.78, 5) is 11.5. The molecule has 4 aromatic rings. The molecule has 0 saturated carbocycles. The molecule has 0 unspecified atom stereocenters. The number of alkyl halides is 3. The summed E-state index contributed by atoms with van der Waals surface area (Å²) in [6.07, 6.45) is -2.19. The summed E-state index contributed by atoms with van der Waals surface area (Å²) in [5, 5.41) is 20.4. The number of hydrogen-bond acceptors (Lipinski definition) is 6. The van der Waals surface area contributed by atoms with Gasteiger partial charge in [-0.1, -0.05) is 0 Å². The van der Waals surface area contributed by atoms with Crippen LogP contribution in [0.4, 0.5) is 30.6 Å². The number of aliphatic hydroxyl groups excluding tert-OH is 1. The van der Waals surface area contributed by atoms with Crippen LogP contribution in [0.2, 0.25) is 0 Å². The molecule has 0 aliphatic heterocycles. The van der Waals surface area contributed by atoms with Gasteiger partial charge in [-0.2, -0.15) is 28.2 Å². The van der Waals surface area contributed by atoms with E-state index in [0.717, 1.165) is 16.6 Å². The van der Waals surface area contributed by atoms with Gasteiger partial charge in [0.25, 0.3) is 0 Å². The van der Waals surface area contributed by atoms with Gasteiger partial charge in [0.15, 0.2) is 0 Å². The van der Waals surface area contributed by atoms with Gasteiger partial charge in [0.2, 0.25) is 5.95 Å². The molecule has 30 heavy (non-hydrogen) atoms. The van der Waals surface area contributed by atoms with Crippen LogP contribution in [0.3, 0.4) is 0 Å². The first-order chi connectivity index (χ1) is 14.3. The fourth-order valence-electron chi connectivity index (χ4n) is 3.25. The molecule has 0 fully saturated rings. The van der Waals surface area contributed by atoms with E-state index in [1.165, 1.54) is 0 Å². The Morgan fingerprint density at radius 3 is 2.77 bits per heavy atom. The Morgan fingerprint density at radius 1 is 1.17 bits per heavy atom. The fraction of sp³-hybridized carbons (Fsp3) is 0.316. The number of aromatic amines is 1. The number of nitrogens with zero attached hydrogens (tertiary/aromatic N) is 4. The van der Waals surface area contributed by atoms with Crippen molar-refractivity contribution in [3.63, 3.8) is 0 Å². The zero-order valence-corrected chi connectivity index (χ0v) is 16.1. The molecule has 3 aromatic heterocycles. The summed E-state index contributed by atoms with van der Waals surface area (Å²) < 4.78 is 39.7. The van der Waals surface area contributed by atoms with Crippen molar-refractivity contribution in [3.05, 3.63) is 36.2 Å². The molecule has 3 heterocycles. The fourth-order valence-corrected chi connectivity index (χ4v) is 3.25. The van der Waals surface area contributed by atoms with E-state index in [4.69, 9.17) is 5.11 Å². The van der Waals surface area contributed by atoms with Crippen molar-refractivity contribution in [2.75, 3.05) is 23.8 Å². The van der Waals surface area contributed by atoms with Crippen LogP contribution in [0.15, 0.2) is 30.5 Å². The monoisotopic (exact) mass is 419 g/mol. The summed E-state index contributed by atoms with van der Waals surface area (Å²) in [6, 6.07) is 7.23. The van der Waals surface area contributed by atoms with Crippen molar-refractivity contribution in [1.82, 2.24) is 24.7 Å². The molecular formula is C19H20F3N7O. The predicted molar refractivity (Wildman–Crippen MR) is 108 cm³/mol. The molecule has 11 heteroatoms. The van der Waals surface area contributed by atoms with E-state index in [2.05, 4.69) is 30.7 Å². The summed E-state index contributed by atoms with van der Waals surface area (Å²) in [6.45, 7) is 1.35. The number of benzene rings is 1. The third-order valence-corrected chi connectivity index (χ3v) is 4.59. The maximum absolute atomic E-state index is 12.6. The molecule has 8 nitrogen and oxygen atoms in total. The smallest absolute Gasteiger partial charge is 0.396 e. The Balaban J connectivity index is 1.65. The van der Waals surface area contributed by atoms with Crippen molar-refractivity contribution in [1.29, 1.82) is 0 Å². The molecule has 0 bridgehead atoms. The Bertz CT molecular complexity index is 1180. The average molecular weight is 419 g/mol. The highest BCUT2D eigenvalue weighted by Gasteiger charge is 2.27. The van der Waals surface area contributed by atoms with E-state index in [-0.39, 0.29) is 18.4 Å². The molecule has 0 saturated heterocycles. The summed E-state index contributed by atoms with van der Waals surface area (Å²) in [5.41, 5.74) is 2.84. The minimum absolute atomic E-state index is 0.0655. The molecule has 0 atom stereocenters. The first-order valence-corrected chi connectivity index (χ1v) is 9.35. The van der Waals surface area contributed by atoms with Crippen molar-refractivity contribution in [2.45, 2.75) is 26.1 Å². The number of aliphatic hydroxyl groups is 1. The summed E-state index contributed by atoms with van der Waals surface area (Å²) >= 11 is 0. The van der Waals surface area contributed by atoms with Gasteiger partial charge in [-0.15, -0.1) is 0 Å². The number of rotatable bonds is 7. The number of hydrogen-bond donors (Lipinski definition) is 4. The van der Waals surface area contributed by atoms with Gasteiger partial charge < -0.3 is 20.7 Å². The van der Waals surface area contributed by atoms with Crippen LogP contribution in [0.1, 0.15) is 12.1 Å². The molecule has 0 aliphatic carbocycles. The number of anilines is 3. The molecule has 0 spiro atoms. The van der Waals surface area contributed by atoms with E-state index < -0.39 is 12.7 Å². The van der Waals surface area contributed by atoms with Gasteiger partial charge in [0.1, 0.15) is 18.0 Å². The zero-order chi connectivity index (χ0) is 21.3. The lowest BCUT2D eigenvalue weighted by Crippen LogP contribution is -2.22. The lowest BCUT2D eigenvalue weighted by molar-refractivity contribution is -0.115. The molecule has 4 rings (SSSR count). The second-order valence-corrected chi connectivity index (χ2v) is 6.85. The van der Waals surface area contributed by atoms with Crippen molar-refractivity contribution >= 4 is 39.4 Å². The lowest BCUT2D eigenvalue weighted by Gasteiger charge is -2.12. The normalized spacial score (nSPS) is 12.0. The number of halogens is 3. The van der Waals surface area contributed by atoms with Crippen molar-refractivity contribution in [2.24, 2.45) is 0 Å². The lowest BCUT2D eigenvalue weighted by atomic mass is 10.2. The molecular weight excluding hydrogens is 399 g/mol. The molecule has 1 aromatic carbocycles. The molecule has 0 radical (unpaired) electrons. The summed E-state index contributed by atoms with van der Waals surface area (Å²) in [5.74, 6) is 0.248. The van der Waals surface area contributed by atoms with Crippen LogP contribution in [-0.2, 0) is 6.54 Å². The van der Waals surface area contributed by atoms with Crippen LogP contribution in [0.5, 0.6) is 0 Å². The number of H-pyrrole nitrogens is 1. The van der Waals surface area contributed by atoms with Crippen LogP contribution in [0.25, 0.3) is 21.9 Å². The minimum Gasteiger partial charge on any atom is -0.396 e. The Morgan fingerprint density at radius 2 is 2.00 bits per heavy atom. The quantitative estimate of drug-likeness (QED) is 0.364. The van der Waals surface area contributed by atoms with E-state index in [1.807, 2.05) is 29.8 Å². The standard InChI is InChI=1S/C19H20F3N7O/c1-11-13-4-3-12(9-15(13)29(28-11)7-2-8-30)25-18-26-16-14(5-6-23-16)17(27-18)24-10-19(20,21)22/h3-6,9,30H,2,7-8,10H2,1H3,(H3,23,24,25,26,27). The molecule has 0 aliphatic rings. The molecule has 158 valence electrons. The largest absolute Gasteiger partial charge is 0.405 e. The van der Waals surface area contributed by atoms with Crippen LogP contribution >= 0.6 is 0 Å². The predicted octanol–water partition coefficient (Wildman–Crippen LogP) is 3.72. The average Bonchev–Trinajstić information content (AvgIpc) is 3.28. The molecule has 0 amide bonds. The van der Waals surface area contributed by atoms with Crippen molar-refractivity contribution < 1.29 is 18.3 Å². The van der Waals surface area contributed by atoms with Crippen LogP contribution in [-0.4, -0.2) is 49.2 Å². The van der Waals surface area contributed by atoms with Gasteiger partial charge in [-0.25, -0.2) is 0 Å². The third kappa shape index (κ3) is 4.15. The van der Waals surface area contributed by atoms with Gasteiger partial charge in [0.05, 0.1) is 16.6 Å². The van der Waals surface area contributed by atoms with E-state index in [1.54, 1.807) is 12.3 Å². The first-order valence-electron chi connectivity index (χ1n) is 9.35. The second-order valence-electron chi connectivity index (χ2n) is 6.85. The minimum atomic E-state index is -4.36.